The van der Waals surface area contributed by atoms with Crippen molar-refractivity contribution in [3.05, 3.63) is 29.3 Å². The van der Waals surface area contributed by atoms with E-state index >= 15 is 0 Å². The van der Waals surface area contributed by atoms with Gasteiger partial charge in [-0.3, -0.25) is 0 Å². The third-order valence-electron chi connectivity index (χ3n) is 3.02. The first-order valence-corrected chi connectivity index (χ1v) is 7.83. The lowest BCUT2D eigenvalue weighted by Crippen LogP contribution is -2.25. The van der Waals surface area contributed by atoms with Crippen molar-refractivity contribution in [3.8, 4) is 0 Å². The maximum absolute atomic E-state index is 11.9. The molecule has 5 heteroatoms. The predicted molar refractivity (Wildman–Crippen MR) is 69.0 cm³/mol. The number of hydrogen-bond donors (Lipinski definition) is 1. The van der Waals surface area contributed by atoms with Gasteiger partial charge in [0.25, 0.3) is 0 Å². The van der Waals surface area contributed by atoms with E-state index in [0.717, 1.165) is 19.3 Å². The molecule has 0 saturated carbocycles. The Morgan fingerprint density at radius 3 is 2.59 bits per heavy atom. The van der Waals surface area contributed by atoms with Crippen molar-refractivity contribution >= 4 is 21.6 Å². The largest absolute Gasteiger partial charge is 0.240 e. The van der Waals surface area contributed by atoms with Gasteiger partial charge in [0.15, 0.2) is 0 Å². The third-order valence-corrected chi connectivity index (χ3v) is 4.66. The van der Waals surface area contributed by atoms with Crippen molar-refractivity contribution in [2.75, 3.05) is 12.4 Å². The van der Waals surface area contributed by atoms with E-state index in [-0.39, 0.29) is 12.4 Å². The monoisotopic (exact) mass is 273 g/mol. The molecule has 0 saturated heterocycles. The lowest BCUT2D eigenvalue weighted by Gasteiger charge is -2.16. The zero-order valence-electron chi connectivity index (χ0n) is 9.58. The Balaban J connectivity index is 2.27. The van der Waals surface area contributed by atoms with Crippen LogP contribution in [-0.4, -0.2) is 20.8 Å². The Bertz CT molecular complexity index is 499. The first-order chi connectivity index (χ1) is 8.13. The molecule has 0 bridgehead atoms. The molecule has 0 fully saturated rings. The second kappa shape index (κ2) is 5.38. The summed E-state index contributed by atoms with van der Waals surface area (Å²) in [6.45, 7) is 0.265. The van der Waals surface area contributed by atoms with Gasteiger partial charge in [-0.1, -0.05) is 6.07 Å². The minimum atomic E-state index is -3.39. The molecule has 1 aromatic rings. The van der Waals surface area contributed by atoms with Gasteiger partial charge in [0.1, 0.15) is 0 Å². The fourth-order valence-corrected chi connectivity index (χ4v) is 3.42. The number of halogens is 1. The SMILES string of the molecule is O=S(=O)(NCCCl)c1ccc2c(c1)CCCC2. The van der Waals surface area contributed by atoms with Crippen LogP contribution >= 0.6 is 11.6 Å². The van der Waals surface area contributed by atoms with Crippen molar-refractivity contribution in [1.29, 1.82) is 0 Å². The van der Waals surface area contributed by atoms with Gasteiger partial charge >= 0.3 is 0 Å². The van der Waals surface area contributed by atoms with E-state index in [9.17, 15) is 8.42 Å². The Kier molecular flexibility index (Phi) is 4.07. The first kappa shape index (κ1) is 12.9. The van der Waals surface area contributed by atoms with E-state index in [1.807, 2.05) is 6.07 Å². The molecule has 0 aromatic heterocycles. The van der Waals surface area contributed by atoms with E-state index in [0.29, 0.717) is 4.90 Å². The number of fused-ring (bicyclic) bond motifs is 1. The molecular formula is C12H16ClNO2S. The lowest BCUT2D eigenvalue weighted by molar-refractivity contribution is 0.583. The van der Waals surface area contributed by atoms with Crippen LogP contribution < -0.4 is 4.72 Å². The molecule has 94 valence electrons. The van der Waals surface area contributed by atoms with E-state index in [4.69, 9.17) is 11.6 Å². The van der Waals surface area contributed by atoms with Crippen molar-refractivity contribution in [2.24, 2.45) is 0 Å². The van der Waals surface area contributed by atoms with Gasteiger partial charge in [-0.05, 0) is 48.9 Å². The summed E-state index contributed by atoms with van der Waals surface area (Å²) in [5.74, 6) is 0.282. The number of nitrogens with one attached hydrogen (secondary N) is 1. The molecule has 0 aliphatic heterocycles. The van der Waals surface area contributed by atoms with Gasteiger partial charge in [-0.2, -0.15) is 0 Å². The highest BCUT2D eigenvalue weighted by Crippen LogP contribution is 2.23. The molecule has 1 aliphatic carbocycles. The maximum atomic E-state index is 11.9. The maximum Gasteiger partial charge on any atom is 0.240 e. The van der Waals surface area contributed by atoms with Crippen LogP contribution in [0.25, 0.3) is 0 Å². The number of sulfonamides is 1. The molecule has 17 heavy (non-hydrogen) atoms. The predicted octanol–water partition coefficient (Wildman–Crippen LogP) is 2.08. The number of alkyl halides is 1. The molecule has 1 aromatic carbocycles. The molecule has 2 rings (SSSR count). The van der Waals surface area contributed by atoms with E-state index < -0.39 is 10.0 Å². The Hall–Kier alpha value is -0.580. The number of rotatable bonds is 4. The van der Waals surface area contributed by atoms with Gasteiger partial charge < -0.3 is 0 Å². The fourth-order valence-electron chi connectivity index (χ4n) is 2.13. The summed E-state index contributed by atoms with van der Waals surface area (Å²) in [6.07, 6.45) is 4.38. The topological polar surface area (TPSA) is 46.2 Å². The smallest absolute Gasteiger partial charge is 0.210 e. The molecule has 3 nitrogen and oxygen atoms in total. The second-order valence-electron chi connectivity index (χ2n) is 4.22. The minimum absolute atomic E-state index is 0.265. The molecule has 1 aliphatic rings. The fraction of sp³-hybridized carbons (Fsp3) is 0.500. The van der Waals surface area contributed by atoms with Crippen LogP contribution in [0.1, 0.15) is 24.0 Å². The first-order valence-electron chi connectivity index (χ1n) is 5.81. The van der Waals surface area contributed by atoms with Crippen molar-refractivity contribution < 1.29 is 8.42 Å². The van der Waals surface area contributed by atoms with Crippen LogP contribution in [0.2, 0.25) is 0 Å². The van der Waals surface area contributed by atoms with Crippen LogP contribution in [0.4, 0.5) is 0 Å². The zero-order valence-corrected chi connectivity index (χ0v) is 11.1. The number of hydrogen-bond acceptors (Lipinski definition) is 2. The van der Waals surface area contributed by atoms with Crippen LogP contribution in [0.5, 0.6) is 0 Å². The second-order valence-corrected chi connectivity index (χ2v) is 6.37. The zero-order chi connectivity index (χ0) is 12.3. The summed E-state index contributed by atoms with van der Waals surface area (Å²) in [6, 6.07) is 5.41. The summed E-state index contributed by atoms with van der Waals surface area (Å²) in [5, 5.41) is 0. The highest BCUT2D eigenvalue weighted by molar-refractivity contribution is 7.89. The molecule has 1 N–H and O–H groups in total. The number of benzene rings is 1. The summed E-state index contributed by atoms with van der Waals surface area (Å²) in [7, 11) is -3.39. The average Bonchev–Trinajstić information content (AvgIpc) is 2.36. The highest BCUT2D eigenvalue weighted by atomic mass is 35.5. The Morgan fingerprint density at radius 1 is 1.18 bits per heavy atom. The molecule has 0 unspecified atom stereocenters. The molecular weight excluding hydrogens is 258 g/mol. The van der Waals surface area contributed by atoms with Crippen LogP contribution in [-0.2, 0) is 22.9 Å². The molecule has 0 heterocycles. The van der Waals surface area contributed by atoms with E-state index in [1.54, 1.807) is 12.1 Å². The van der Waals surface area contributed by atoms with Crippen LogP contribution in [0, 0.1) is 0 Å². The van der Waals surface area contributed by atoms with Crippen LogP contribution in [0.15, 0.2) is 23.1 Å². The molecule has 0 spiro atoms. The number of aryl methyl sites for hydroxylation is 2. The Labute approximate surface area is 107 Å². The summed E-state index contributed by atoms with van der Waals surface area (Å²) >= 11 is 5.48. The lowest BCUT2D eigenvalue weighted by atomic mass is 9.92. The minimum Gasteiger partial charge on any atom is -0.210 e. The van der Waals surface area contributed by atoms with Crippen molar-refractivity contribution in [3.63, 3.8) is 0 Å². The van der Waals surface area contributed by atoms with Gasteiger partial charge in [-0.25, -0.2) is 13.1 Å². The third kappa shape index (κ3) is 3.00. The Morgan fingerprint density at radius 2 is 1.88 bits per heavy atom. The highest BCUT2D eigenvalue weighted by Gasteiger charge is 2.16. The van der Waals surface area contributed by atoms with Crippen molar-refractivity contribution in [2.45, 2.75) is 30.6 Å². The molecule has 0 atom stereocenters. The summed E-state index contributed by atoms with van der Waals surface area (Å²) in [4.78, 5) is 0.350. The van der Waals surface area contributed by atoms with Crippen LogP contribution in [0.3, 0.4) is 0 Å². The van der Waals surface area contributed by atoms with E-state index in [2.05, 4.69) is 4.72 Å². The normalized spacial score (nSPS) is 15.6. The van der Waals surface area contributed by atoms with E-state index in [1.165, 1.54) is 17.5 Å². The molecule has 0 radical (unpaired) electrons. The van der Waals surface area contributed by atoms with Gasteiger partial charge in [0.2, 0.25) is 10.0 Å². The summed E-state index contributed by atoms with van der Waals surface area (Å²) in [5.41, 5.74) is 2.46. The standard InChI is InChI=1S/C12H16ClNO2S/c13-7-8-14-17(15,16)12-6-5-10-3-1-2-4-11(10)9-12/h5-6,9,14H,1-4,7-8H2. The quantitative estimate of drug-likeness (QED) is 0.854. The molecule has 0 amide bonds. The van der Waals surface area contributed by atoms with Crippen molar-refractivity contribution in [1.82, 2.24) is 4.72 Å². The van der Waals surface area contributed by atoms with Gasteiger partial charge in [0, 0.05) is 12.4 Å². The van der Waals surface area contributed by atoms with Gasteiger partial charge in [-0.15, -0.1) is 11.6 Å². The van der Waals surface area contributed by atoms with Gasteiger partial charge in [0.05, 0.1) is 4.90 Å². The average molecular weight is 274 g/mol. The summed E-state index contributed by atoms with van der Waals surface area (Å²) < 4.78 is 26.3.